The molecule has 1 amide bonds. The normalized spacial score (nSPS) is 26.4. The van der Waals surface area contributed by atoms with Crippen LogP contribution in [0.5, 0.6) is 0 Å². The minimum absolute atomic E-state index is 0.128. The van der Waals surface area contributed by atoms with Gasteiger partial charge in [-0.05, 0) is 26.3 Å². The molecule has 0 spiro atoms. The van der Waals surface area contributed by atoms with Crippen molar-refractivity contribution in [1.29, 1.82) is 0 Å². The van der Waals surface area contributed by atoms with E-state index in [4.69, 9.17) is 19.9 Å². The van der Waals surface area contributed by atoms with Crippen LogP contribution in [0, 0.1) is 0 Å². The first-order valence-corrected chi connectivity index (χ1v) is 11.1. The average molecular weight is 469 g/mol. The first-order valence-electron chi connectivity index (χ1n) is 11.1. The monoisotopic (exact) mass is 468 g/mol. The molecule has 2 aliphatic heterocycles. The van der Waals surface area contributed by atoms with Gasteiger partial charge in [0.05, 0.1) is 26.1 Å². The molecule has 0 aliphatic carbocycles. The van der Waals surface area contributed by atoms with Crippen LogP contribution < -0.4 is 5.73 Å². The van der Waals surface area contributed by atoms with E-state index in [1.54, 1.807) is 15.8 Å². The number of carbonyl (C=O) groups is 1. The highest BCUT2D eigenvalue weighted by atomic mass is 16.6. The number of aliphatic hydroxyl groups is 1. The number of amides is 1. The van der Waals surface area contributed by atoms with Crippen molar-refractivity contribution in [3.05, 3.63) is 48.5 Å². The molecule has 0 radical (unpaired) electrons. The number of rotatable bonds is 5. The van der Waals surface area contributed by atoms with Gasteiger partial charge in [-0.15, -0.1) is 0 Å². The summed E-state index contributed by atoms with van der Waals surface area (Å²) >= 11 is 0. The molecule has 0 unspecified atom stereocenters. The fraction of sp³-hybridized carbons (Fsp3) is 0.478. The van der Waals surface area contributed by atoms with E-state index in [2.05, 4.69) is 15.0 Å². The number of benzene rings is 1. The number of imidazole rings is 1. The molecule has 4 heterocycles. The van der Waals surface area contributed by atoms with Crippen LogP contribution >= 0.6 is 0 Å². The van der Waals surface area contributed by atoms with Crippen LogP contribution in [0.3, 0.4) is 0 Å². The highest BCUT2D eigenvalue weighted by molar-refractivity contribution is 5.81. The number of aliphatic hydroxyl groups excluding tert-OH is 1. The smallest absolute Gasteiger partial charge is 0.410 e. The maximum atomic E-state index is 13.2. The summed E-state index contributed by atoms with van der Waals surface area (Å²) in [6, 6.07) is 9.10. The first-order chi connectivity index (χ1) is 16.2. The first kappa shape index (κ1) is 22.5. The Morgan fingerprint density at radius 2 is 2.03 bits per heavy atom. The Balaban J connectivity index is 1.53. The molecule has 2 bridgehead atoms. The Morgan fingerprint density at radius 1 is 1.26 bits per heavy atom. The van der Waals surface area contributed by atoms with Gasteiger partial charge in [0, 0.05) is 0 Å². The zero-order chi connectivity index (χ0) is 24.1. The molecule has 0 saturated carbocycles. The maximum Gasteiger partial charge on any atom is 0.410 e. The quantitative estimate of drug-likeness (QED) is 0.575. The Bertz CT molecular complexity index is 1200. The van der Waals surface area contributed by atoms with Crippen molar-refractivity contribution >= 4 is 23.1 Å². The molecule has 34 heavy (non-hydrogen) atoms. The van der Waals surface area contributed by atoms with Gasteiger partial charge in [-0.25, -0.2) is 19.7 Å². The second kappa shape index (κ2) is 8.19. The molecule has 1 aromatic carbocycles. The van der Waals surface area contributed by atoms with Crippen LogP contribution in [0.25, 0.3) is 11.2 Å². The lowest BCUT2D eigenvalue weighted by atomic mass is 10.00. The molecule has 2 aliphatic rings. The van der Waals surface area contributed by atoms with Crippen molar-refractivity contribution in [2.45, 2.75) is 57.0 Å². The van der Waals surface area contributed by atoms with E-state index in [-0.39, 0.29) is 19.0 Å². The van der Waals surface area contributed by atoms with Crippen molar-refractivity contribution < 1.29 is 24.1 Å². The van der Waals surface area contributed by atoms with Gasteiger partial charge in [0.1, 0.15) is 35.2 Å². The molecule has 3 N–H and O–H groups in total. The number of nitrogens with two attached hydrogens (primary N) is 1. The van der Waals surface area contributed by atoms with Crippen LogP contribution in [0.15, 0.2) is 43.0 Å². The molecule has 3 aromatic rings. The number of hydrogen-bond donors (Lipinski definition) is 2. The van der Waals surface area contributed by atoms with E-state index in [9.17, 15) is 9.90 Å². The summed E-state index contributed by atoms with van der Waals surface area (Å²) in [5.41, 5.74) is 5.99. The largest absolute Gasteiger partial charge is 0.444 e. The third kappa shape index (κ3) is 3.75. The summed E-state index contributed by atoms with van der Waals surface area (Å²) in [6.45, 7) is 5.50. The Labute approximate surface area is 196 Å². The lowest BCUT2D eigenvalue weighted by molar-refractivity contribution is -0.156. The lowest BCUT2D eigenvalue weighted by Crippen LogP contribution is -2.51. The third-order valence-corrected chi connectivity index (χ3v) is 6.10. The van der Waals surface area contributed by atoms with Crippen LogP contribution in [0.2, 0.25) is 0 Å². The molecule has 5 rings (SSSR count). The number of nitrogens with zero attached hydrogens (tertiary/aromatic N) is 5. The number of fused-ring (bicyclic) bond motifs is 3. The topological polar surface area (TPSA) is 138 Å². The molecule has 2 aromatic heterocycles. The zero-order valence-corrected chi connectivity index (χ0v) is 19.3. The predicted octanol–water partition coefficient (Wildman–Crippen LogP) is 1.87. The van der Waals surface area contributed by atoms with E-state index in [1.807, 2.05) is 51.1 Å². The van der Waals surface area contributed by atoms with Crippen LogP contribution in [-0.4, -0.2) is 72.1 Å². The molecular weight excluding hydrogens is 440 g/mol. The lowest BCUT2D eigenvalue weighted by Gasteiger charge is -2.37. The number of ether oxygens (including phenoxy) is 3. The van der Waals surface area contributed by atoms with Crippen LogP contribution in [-0.2, 0) is 20.8 Å². The highest BCUT2D eigenvalue weighted by Gasteiger charge is 2.67. The number of nitrogen functional groups attached to an aromatic ring is 1. The number of anilines is 1. The average Bonchev–Trinajstić information content (AvgIpc) is 3.46. The second-order valence-electron chi connectivity index (χ2n) is 9.63. The van der Waals surface area contributed by atoms with Crippen molar-refractivity contribution in [2.75, 3.05) is 18.9 Å². The molecule has 180 valence electrons. The molecular formula is C23H28N6O5. The SMILES string of the molecule is CC(C)(C)OC(=O)N1C[C@@]2(CO)O[C@@H](n3cnc4c(N)ncnc43)[C@H]1[C@@H]2OCc1ccccc1. The van der Waals surface area contributed by atoms with E-state index in [0.29, 0.717) is 17.8 Å². The summed E-state index contributed by atoms with van der Waals surface area (Å²) in [5, 5.41) is 10.5. The number of carbonyl (C=O) groups excluding carboxylic acids is 1. The van der Waals surface area contributed by atoms with Gasteiger partial charge >= 0.3 is 6.09 Å². The Hall–Kier alpha value is -3.28. The van der Waals surface area contributed by atoms with Crippen molar-refractivity contribution in [3.8, 4) is 0 Å². The maximum absolute atomic E-state index is 13.2. The molecule has 4 atom stereocenters. The summed E-state index contributed by atoms with van der Waals surface area (Å²) in [4.78, 5) is 27.4. The Kier molecular flexibility index (Phi) is 5.42. The molecule has 11 nitrogen and oxygen atoms in total. The van der Waals surface area contributed by atoms with E-state index in [0.717, 1.165) is 5.56 Å². The summed E-state index contributed by atoms with van der Waals surface area (Å²) in [6.07, 6.45) is 1.04. The fourth-order valence-corrected chi connectivity index (χ4v) is 4.65. The van der Waals surface area contributed by atoms with Gasteiger partial charge in [0.25, 0.3) is 0 Å². The third-order valence-electron chi connectivity index (χ3n) is 6.10. The van der Waals surface area contributed by atoms with E-state index >= 15 is 0 Å². The van der Waals surface area contributed by atoms with Gasteiger partial charge in [-0.1, -0.05) is 30.3 Å². The van der Waals surface area contributed by atoms with Gasteiger partial charge in [-0.3, -0.25) is 9.47 Å². The van der Waals surface area contributed by atoms with Crippen LogP contribution in [0.1, 0.15) is 32.6 Å². The number of morpholine rings is 1. The molecule has 2 saturated heterocycles. The second-order valence-corrected chi connectivity index (χ2v) is 9.63. The predicted molar refractivity (Wildman–Crippen MR) is 121 cm³/mol. The minimum atomic E-state index is -1.14. The van der Waals surface area contributed by atoms with Crippen LogP contribution in [0.4, 0.5) is 10.6 Å². The summed E-state index contributed by atoms with van der Waals surface area (Å²) in [5.74, 6) is 0.240. The van der Waals surface area contributed by atoms with E-state index < -0.39 is 35.7 Å². The van der Waals surface area contributed by atoms with Gasteiger partial charge in [-0.2, -0.15) is 0 Å². The summed E-state index contributed by atoms with van der Waals surface area (Å²) in [7, 11) is 0. The fourth-order valence-electron chi connectivity index (χ4n) is 4.65. The number of hydrogen-bond acceptors (Lipinski definition) is 9. The summed E-state index contributed by atoms with van der Waals surface area (Å²) < 4.78 is 20.1. The van der Waals surface area contributed by atoms with E-state index in [1.165, 1.54) is 6.33 Å². The zero-order valence-electron chi connectivity index (χ0n) is 19.3. The number of likely N-dealkylation sites (tertiary alicyclic amines) is 1. The minimum Gasteiger partial charge on any atom is -0.444 e. The highest BCUT2D eigenvalue weighted by Crippen LogP contribution is 2.49. The number of aromatic nitrogens is 4. The molecule has 11 heteroatoms. The van der Waals surface area contributed by atoms with Gasteiger partial charge in [0.15, 0.2) is 17.7 Å². The Morgan fingerprint density at radius 3 is 2.74 bits per heavy atom. The standard InChI is InChI=1S/C23H28N6O5/c1-22(2,3)34-21(31)28-10-23(11-30)17(32-9-14-7-5-4-6-8-14)16(28)20(33-23)29-13-27-15-18(24)25-12-26-19(15)29/h4-8,12-13,16-17,20,30H,9-11H2,1-3H3,(H2,24,25,26)/t16-,17+,20-,23+/m1/s1. The van der Waals surface area contributed by atoms with Gasteiger partial charge < -0.3 is 25.1 Å². The van der Waals surface area contributed by atoms with Crippen molar-refractivity contribution in [2.24, 2.45) is 0 Å². The van der Waals surface area contributed by atoms with Gasteiger partial charge in [0.2, 0.25) is 0 Å². The molecule has 2 fully saturated rings. The van der Waals surface area contributed by atoms with Crippen molar-refractivity contribution in [3.63, 3.8) is 0 Å². The van der Waals surface area contributed by atoms with Crippen molar-refractivity contribution in [1.82, 2.24) is 24.4 Å².